The monoisotopic (exact) mass is 278 g/mol. The number of nitrogens with one attached hydrogen (secondary N) is 1. The summed E-state index contributed by atoms with van der Waals surface area (Å²) in [5.41, 5.74) is 0.0351. The van der Waals surface area contributed by atoms with E-state index in [2.05, 4.69) is 10.1 Å². The zero-order valence-corrected chi connectivity index (χ0v) is 10.2. The number of nitro groups is 1. The predicted molar refractivity (Wildman–Crippen MR) is 63.6 cm³/mol. The van der Waals surface area contributed by atoms with Gasteiger partial charge < -0.3 is 10.1 Å². The fourth-order valence-corrected chi connectivity index (χ4v) is 1.68. The third-order valence-electron chi connectivity index (χ3n) is 1.87. The number of carbonyl (C=O) groups is 1. The molecule has 0 bridgehead atoms. The molecular formula is C9H8Cl2N2O4. The van der Waals surface area contributed by atoms with E-state index in [1.807, 2.05) is 0 Å². The number of esters is 1. The van der Waals surface area contributed by atoms with E-state index in [9.17, 15) is 14.9 Å². The molecule has 1 aromatic carbocycles. The average Bonchev–Trinajstić information content (AvgIpc) is 2.27. The van der Waals surface area contributed by atoms with Crippen LogP contribution >= 0.6 is 23.2 Å². The van der Waals surface area contributed by atoms with Crippen molar-refractivity contribution in [2.24, 2.45) is 0 Å². The molecule has 1 N–H and O–H groups in total. The van der Waals surface area contributed by atoms with Crippen molar-refractivity contribution in [3.05, 3.63) is 32.3 Å². The lowest BCUT2D eigenvalue weighted by atomic mass is 10.3. The average molecular weight is 279 g/mol. The Bertz CT molecular complexity index is 441. The van der Waals surface area contributed by atoms with Crippen LogP contribution in [0.3, 0.4) is 0 Å². The van der Waals surface area contributed by atoms with Crippen molar-refractivity contribution < 1.29 is 14.5 Å². The summed E-state index contributed by atoms with van der Waals surface area (Å²) >= 11 is 11.6. The zero-order valence-electron chi connectivity index (χ0n) is 8.70. The number of carbonyl (C=O) groups excluding carboxylic acids is 1. The molecule has 0 heterocycles. The lowest BCUT2D eigenvalue weighted by Gasteiger charge is -2.08. The van der Waals surface area contributed by atoms with Crippen LogP contribution in [-0.4, -0.2) is 24.5 Å². The molecule has 0 atom stereocenters. The molecule has 0 saturated carbocycles. The minimum absolute atomic E-state index is 0.0631. The van der Waals surface area contributed by atoms with E-state index in [0.29, 0.717) is 0 Å². The van der Waals surface area contributed by atoms with Gasteiger partial charge in [-0.05, 0) is 0 Å². The molecule has 0 radical (unpaired) electrons. The number of hydrogen-bond acceptors (Lipinski definition) is 5. The molecule has 0 aliphatic carbocycles. The molecule has 0 unspecified atom stereocenters. The Balaban J connectivity index is 2.94. The number of anilines is 1. The van der Waals surface area contributed by atoms with E-state index in [0.717, 1.165) is 12.1 Å². The van der Waals surface area contributed by atoms with Crippen LogP contribution in [0.5, 0.6) is 0 Å². The maximum absolute atomic E-state index is 10.9. The second-order valence-corrected chi connectivity index (χ2v) is 3.79. The van der Waals surface area contributed by atoms with Gasteiger partial charge in [0.1, 0.15) is 6.54 Å². The van der Waals surface area contributed by atoms with Crippen LogP contribution in [0.25, 0.3) is 0 Å². The van der Waals surface area contributed by atoms with Crippen LogP contribution in [0.1, 0.15) is 0 Å². The number of methoxy groups -OCH3 is 1. The molecule has 0 aromatic heterocycles. The van der Waals surface area contributed by atoms with E-state index in [1.54, 1.807) is 0 Å². The summed E-state index contributed by atoms with van der Waals surface area (Å²) in [5.74, 6) is -0.504. The van der Waals surface area contributed by atoms with E-state index in [4.69, 9.17) is 23.2 Å². The maximum Gasteiger partial charge on any atom is 0.325 e. The Morgan fingerprint density at radius 3 is 2.41 bits per heavy atom. The minimum atomic E-state index is -0.609. The fourth-order valence-electron chi connectivity index (χ4n) is 1.07. The van der Waals surface area contributed by atoms with Gasteiger partial charge >= 0.3 is 5.97 Å². The van der Waals surface area contributed by atoms with Crippen molar-refractivity contribution >= 4 is 40.5 Å². The highest BCUT2D eigenvalue weighted by Gasteiger charge is 2.15. The summed E-state index contributed by atoms with van der Waals surface area (Å²) in [6.07, 6.45) is 0. The van der Waals surface area contributed by atoms with Crippen molar-refractivity contribution in [3.63, 3.8) is 0 Å². The van der Waals surface area contributed by atoms with Crippen molar-refractivity contribution in [2.45, 2.75) is 0 Å². The molecule has 0 saturated heterocycles. The highest BCUT2D eigenvalue weighted by molar-refractivity contribution is 6.39. The van der Waals surface area contributed by atoms with E-state index < -0.39 is 10.9 Å². The van der Waals surface area contributed by atoms with Gasteiger partial charge in [0, 0.05) is 12.1 Å². The number of ether oxygens (including phenoxy) is 1. The highest BCUT2D eigenvalue weighted by Crippen LogP contribution is 2.34. The van der Waals surface area contributed by atoms with Gasteiger partial charge in [0.25, 0.3) is 5.69 Å². The number of non-ortho nitro benzene ring substituents is 1. The lowest BCUT2D eigenvalue weighted by Crippen LogP contribution is -2.15. The smallest absolute Gasteiger partial charge is 0.325 e. The van der Waals surface area contributed by atoms with Gasteiger partial charge in [0.05, 0.1) is 27.8 Å². The van der Waals surface area contributed by atoms with Gasteiger partial charge in [-0.25, -0.2) is 0 Å². The Hall–Kier alpha value is -1.53. The van der Waals surface area contributed by atoms with Gasteiger partial charge in [-0.2, -0.15) is 0 Å². The number of halogens is 2. The summed E-state index contributed by atoms with van der Waals surface area (Å²) in [7, 11) is 1.24. The number of rotatable bonds is 4. The molecule has 6 nitrogen and oxygen atoms in total. The first kappa shape index (κ1) is 13.5. The maximum atomic E-state index is 10.9. The van der Waals surface area contributed by atoms with Crippen molar-refractivity contribution in [2.75, 3.05) is 19.0 Å². The molecule has 1 aromatic rings. The van der Waals surface area contributed by atoms with Crippen LogP contribution in [0, 0.1) is 10.1 Å². The number of nitro benzene ring substituents is 1. The molecule has 0 spiro atoms. The molecule has 0 fully saturated rings. The van der Waals surface area contributed by atoms with E-state index in [-0.39, 0.29) is 28.0 Å². The highest BCUT2D eigenvalue weighted by atomic mass is 35.5. The molecule has 17 heavy (non-hydrogen) atoms. The molecular weight excluding hydrogens is 271 g/mol. The summed E-state index contributed by atoms with van der Waals surface area (Å²) < 4.78 is 4.42. The van der Waals surface area contributed by atoms with Crippen LogP contribution in [-0.2, 0) is 9.53 Å². The number of hydrogen-bond donors (Lipinski definition) is 1. The summed E-state index contributed by atoms with van der Waals surface area (Å²) in [5, 5.41) is 13.3. The van der Waals surface area contributed by atoms with Gasteiger partial charge in [0.15, 0.2) is 0 Å². The molecule has 8 heteroatoms. The largest absolute Gasteiger partial charge is 0.468 e. The molecule has 0 aliphatic rings. The Morgan fingerprint density at radius 1 is 1.47 bits per heavy atom. The van der Waals surface area contributed by atoms with Gasteiger partial charge in [-0.1, -0.05) is 23.2 Å². The first-order chi connectivity index (χ1) is 7.95. The molecule has 92 valence electrons. The Morgan fingerprint density at radius 2 is 2.00 bits per heavy atom. The Kier molecular flexibility index (Phi) is 4.53. The van der Waals surface area contributed by atoms with Gasteiger partial charge in [-0.3, -0.25) is 14.9 Å². The zero-order chi connectivity index (χ0) is 13.0. The quantitative estimate of drug-likeness (QED) is 0.520. The van der Waals surface area contributed by atoms with Crippen LogP contribution in [0.15, 0.2) is 12.1 Å². The summed E-state index contributed by atoms with van der Waals surface area (Å²) in [6, 6.07) is 2.29. The third-order valence-corrected chi connectivity index (χ3v) is 2.47. The topological polar surface area (TPSA) is 81.5 Å². The van der Waals surface area contributed by atoms with E-state index >= 15 is 0 Å². The second-order valence-electron chi connectivity index (χ2n) is 2.97. The first-order valence-corrected chi connectivity index (χ1v) is 5.15. The molecule has 0 amide bonds. The lowest BCUT2D eigenvalue weighted by molar-refractivity contribution is -0.384. The predicted octanol–water partition coefficient (Wildman–Crippen LogP) is 2.49. The molecule has 1 rings (SSSR count). The SMILES string of the molecule is COC(=O)CNc1c(Cl)cc([N+](=O)[O-])cc1Cl. The standard InChI is InChI=1S/C9H8Cl2N2O4/c1-17-8(14)4-12-9-6(10)2-5(13(15)16)3-7(9)11/h2-3,12H,4H2,1H3. The first-order valence-electron chi connectivity index (χ1n) is 4.40. The Labute approximate surface area is 107 Å². The minimum Gasteiger partial charge on any atom is -0.468 e. The van der Waals surface area contributed by atoms with Gasteiger partial charge in [0.2, 0.25) is 0 Å². The van der Waals surface area contributed by atoms with Crippen LogP contribution in [0.2, 0.25) is 10.0 Å². The summed E-state index contributed by atoms with van der Waals surface area (Å²) in [4.78, 5) is 20.8. The number of nitrogens with zero attached hydrogens (tertiary/aromatic N) is 1. The third kappa shape index (κ3) is 3.47. The normalized spacial score (nSPS) is 9.82. The van der Waals surface area contributed by atoms with E-state index in [1.165, 1.54) is 7.11 Å². The van der Waals surface area contributed by atoms with Crippen molar-refractivity contribution in [1.82, 2.24) is 0 Å². The van der Waals surface area contributed by atoms with Crippen LogP contribution in [0.4, 0.5) is 11.4 Å². The van der Waals surface area contributed by atoms with Gasteiger partial charge in [-0.15, -0.1) is 0 Å². The molecule has 0 aliphatic heterocycles. The second kappa shape index (κ2) is 5.70. The van der Waals surface area contributed by atoms with Crippen LogP contribution < -0.4 is 5.32 Å². The van der Waals surface area contributed by atoms with Crippen molar-refractivity contribution in [1.29, 1.82) is 0 Å². The fraction of sp³-hybridized carbons (Fsp3) is 0.222. The number of benzene rings is 1. The van der Waals surface area contributed by atoms with Crippen molar-refractivity contribution in [3.8, 4) is 0 Å². The summed E-state index contributed by atoms with van der Waals surface area (Å²) in [6.45, 7) is -0.131.